The molecule has 0 aliphatic rings. The van der Waals surface area contributed by atoms with E-state index in [1.54, 1.807) is 6.07 Å². The van der Waals surface area contributed by atoms with Gasteiger partial charge in [0.2, 0.25) is 0 Å². The third-order valence-electron chi connectivity index (χ3n) is 3.45. The number of phenolic OH excluding ortho intramolecular Hbond substituents is 1. The van der Waals surface area contributed by atoms with E-state index in [1.165, 1.54) is 0 Å². The molecule has 0 aliphatic heterocycles. The Morgan fingerprint density at radius 2 is 1.72 bits per heavy atom. The first-order valence-electron chi connectivity index (χ1n) is 6.24. The molecule has 0 bridgehead atoms. The Labute approximate surface area is 119 Å². The summed E-state index contributed by atoms with van der Waals surface area (Å²) >= 11 is 11.6. The number of hydrogen-bond acceptors (Lipinski definition) is 2. The molecule has 18 heavy (non-hydrogen) atoms. The molecule has 4 heteroatoms. The molecular weight excluding hydrogens is 269 g/mol. The first kappa shape index (κ1) is 15.5. The molecule has 0 saturated heterocycles. The molecule has 0 spiro atoms. The van der Waals surface area contributed by atoms with E-state index in [1.807, 2.05) is 12.1 Å². The number of nitrogens with two attached hydrogens (primary N) is 1. The molecular formula is C14H21Cl2NO. The van der Waals surface area contributed by atoms with Crippen molar-refractivity contribution in [2.75, 3.05) is 17.5 Å². The van der Waals surface area contributed by atoms with Crippen LogP contribution in [0.5, 0.6) is 5.75 Å². The highest BCUT2D eigenvalue weighted by Crippen LogP contribution is 2.36. The maximum Gasteiger partial charge on any atom is 0.138 e. The average Bonchev–Trinajstić information content (AvgIpc) is 2.37. The van der Waals surface area contributed by atoms with Crippen molar-refractivity contribution in [2.24, 2.45) is 0 Å². The number of aromatic hydroxyl groups is 1. The normalized spacial score (nSPS) is 11.7. The maximum atomic E-state index is 9.49. The van der Waals surface area contributed by atoms with Crippen LogP contribution in [0.3, 0.4) is 0 Å². The molecule has 0 saturated carbocycles. The van der Waals surface area contributed by atoms with Gasteiger partial charge in [0.1, 0.15) is 5.75 Å². The van der Waals surface area contributed by atoms with Crippen molar-refractivity contribution in [3.63, 3.8) is 0 Å². The van der Waals surface area contributed by atoms with E-state index >= 15 is 0 Å². The van der Waals surface area contributed by atoms with Gasteiger partial charge in [-0.1, -0.05) is 13.0 Å². The fraction of sp³-hybridized carbons (Fsp3) is 0.571. The van der Waals surface area contributed by atoms with E-state index in [9.17, 15) is 5.11 Å². The van der Waals surface area contributed by atoms with Crippen molar-refractivity contribution in [3.05, 3.63) is 23.8 Å². The zero-order valence-electron chi connectivity index (χ0n) is 10.8. The highest BCUT2D eigenvalue weighted by molar-refractivity contribution is 6.18. The fourth-order valence-corrected chi connectivity index (χ4v) is 2.52. The predicted molar refractivity (Wildman–Crippen MR) is 79.8 cm³/mol. The minimum atomic E-state index is 0.0194. The van der Waals surface area contributed by atoms with E-state index in [2.05, 4.69) is 6.92 Å². The van der Waals surface area contributed by atoms with Crippen LogP contribution in [0.4, 0.5) is 5.69 Å². The quantitative estimate of drug-likeness (QED) is 0.447. The van der Waals surface area contributed by atoms with E-state index in [0.717, 1.165) is 31.2 Å². The van der Waals surface area contributed by atoms with Crippen LogP contribution >= 0.6 is 23.2 Å². The summed E-state index contributed by atoms with van der Waals surface area (Å²) in [6.45, 7) is 2.21. The number of hydrogen-bond donors (Lipinski definition) is 2. The summed E-state index contributed by atoms with van der Waals surface area (Å²) in [5.41, 5.74) is 7.36. The van der Waals surface area contributed by atoms with Crippen molar-refractivity contribution in [2.45, 2.75) is 38.0 Å². The standard InChI is InChI=1S/C14H21Cl2NO/c1-14(6-2-8-15,7-3-9-16)11-4-5-13(18)12(17)10-11/h4-5,10,18H,2-3,6-9,17H2,1H3. The highest BCUT2D eigenvalue weighted by Gasteiger charge is 2.26. The molecule has 0 amide bonds. The summed E-state index contributed by atoms with van der Waals surface area (Å²) in [6.07, 6.45) is 3.91. The van der Waals surface area contributed by atoms with Gasteiger partial charge in [-0.3, -0.25) is 0 Å². The van der Waals surface area contributed by atoms with Crippen molar-refractivity contribution >= 4 is 28.9 Å². The van der Waals surface area contributed by atoms with Gasteiger partial charge in [0.15, 0.2) is 0 Å². The molecule has 0 aromatic heterocycles. The lowest BCUT2D eigenvalue weighted by atomic mass is 9.75. The third-order valence-corrected chi connectivity index (χ3v) is 3.98. The number of rotatable bonds is 7. The maximum absolute atomic E-state index is 9.49. The van der Waals surface area contributed by atoms with Gasteiger partial charge in [-0.25, -0.2) is 0 Å². The van der Waals surface area contributed by atoms with Crippen molar-refractivity contribution < 1.29 is 5.11 Å². The molecule has 3 N–H and O–H groups in total. The summed E-state index contributed by atoms with van der Waals surface area (Å²) in [7, 11) is 0. The number of alkyl halides is 2. The smallest absolute Gasteiger partial charge is 0.138 e. The summed E-state index contributed by atoms with van der Waals surface area (Å²) in [4.78, 5) is 0. The molecule has 1 rings (SSSR count). The fourth-order valence-electron chi connectivity index (χ4n) is 2.26. The Morgan fingerprint density at radius 1 is 1.17 bits per heavy atom. The number of benzene rings is 1. The van der Waals surface area contributed by atoms with Gasteiger partial charge in [0, 0.05) is 11.8 Å². The second kappa shape index (κ2) is 7.10. The van der Waals surface area contributed by atoms with Crippen molar-refractivity contribution in [1.82, 2.24) is 0 Å². The Morgan fingerprint density at radius 3 is 2.17 bits per heavy atom. The Bertz CT molecular complexity index is 374. The molecule has 0 fully saturated rings. The number of halogens is 2. The van der Waals surface area contributed by atoms with Gasteiger partial charge in [-0.05, 0) is 48.8 Å². The zero-order valence-corrected chi connectivity index (χ0v) is 12.3. The van der Waals surface area contributed by atoms with Crippen LogP contribution in [0, 0.1) is 0 Å². The number of phenols is 1. The average molecular weight is 290 g/mol. The van der Waals surface area contributed by atoms with Gasteiger partial charge in [0.25, 0.3) is 0 Å². The van der Waals surface area contributed by atoms with Crippen LogP contribution in [0.15, 0.2) is 18.2 Å². The molecule has 0 unspecified atom stereocenters. The largest absolute Gasteiger partial charge is 0.506 e. The van der Waals surface area contributed by atoms with Crippen molar-refractivity contribution in [3.8, 4) is 5.75 Å². The van der Waals surface area contributed by atoms with Crippen LogP contribution in [-0.2, 0) is 5.41 Å². The molecule has 0 radical (unpaired) electrons. The Kier molecular flexibility index (Phi) is 6.10. The van der Waals surface area contributed by atoms with Gasteiger partial charge in [0.05, 0.1) is 5.69 Å². The Hall–Kier alpha value is -0.600. The van der Waals surface area contributed by atoms with Gasteiger partial charge < -0.3 is 10.8 Å². The summed E-state index contributed by atoms with van der Waals surface area (Å²) in [5.74, 6) is 1.45. The first-order chi connectivity index (χ1) is 8.53. The minimum Gasteiger partial charge on any atom is -0.506 e. The zero-order chi connectivity index (χ0) is 13.6. The molecule has 0 heterocycles. The third kappa shape index (κ3) is 3.96. The van der Waals surface area contributed by atoms with Crippen LogP contribution in [0.2, 0.25) is 0 Å². The number of nitrogen functional groups attached to an aromatic ring is 1. The van der Waals surface area contributed by atoms with Gasteiger partial charge in [-0.2, -0.15) is 0 Å². The molecule has 0 atom stereocenters. The van der Waals surface area contributed by atoms with E-state index in [4.69, 9.17) is 28.9 Å². The highest BCUT2D eigenvalue weighted by atomic mass is 35.5. The molecule has 102 valence electrons. The van der Waals surface area contributed by atoms with Crippen LogP contribution in [-0.4, -0.2) is 16.9 Å². The van der Waals surface area contributed by atoms with Crippen LogP contribution in [0.1, 0.15) is 38.2 Å². The molecule has 1 aromatic carbocycles. The lowest BCUT2D eigenvalue weighted by Crippen LogP contribution is -2.22. The second-order valence-electron chi connectivity index (χ2n) is 4.92. The summed E-state index contributed by atoms with van der Waals surface area (Å²) < 4.78 is 0. The van der Waals surface area contributed by atoms with Gasteiger partial charge in [-0.15, -0.1) is 23.2 Å². The molecule has 1 aromatic rings. The van der Waals surface area contributed by atoms with Crippen LogP contribution in [0.25, 0.3) is 0 Å². The molecule has 2 nitrogen and oxygen atoms in total. The lowest BCUT2D eigenvalue weighted by molar-refractivity contribution is 0.393. The SMILES string of the molecule is CC(CCCCl)(CCCCl)c1ccc(O)c(N)c1. The summed E-state index contributed by atoms with van der Waals surface area (Å²) in [5, 5.41) is 9.49. The Balaban J connectivity index is 2.96. The van der Waals surface area contributed by atoms with E-state index < -0.39 is 0 Å². The lowest BCUT2D eigenvalue weighted by Gasteiger charge is -2.30. The topological polar surface area (TPSA) is 46.2 Å². The van der Waals surface area contributed by atoms with E-state index in [-0.39, 0.29) is 11.2 Å². The monoisotopic (exact) mass is 289 g/mol. The van der Waals surface area contributed by atoms with Crippen molar-refractivity contribution in [1.29, 1.82) is 0 Å². The first-order valence-corrected chi connectivity index (χ1v) is 7.31. The molecule has 0 aliphatic carbocycles. The second-order valence-corrected chi connectivity index (χ2v) is 5.68. The predicted octanol–water partition coefficient (Wildman–Crippen LogP) is 4.27. The summed E-state index contributed by atoms with van der Waals surface area (Å²) in [6, 6.07) is 5.45. The minimum absolute atomic E-state index is 0.0194. The number of anilines is 1. The van der Waals surface area contributed by atoms with E-state index in [0.29, 0.717) is 17.4 Å². The van der Waals surface area contributed by atoms with Crippen LogP contribution < -0.4 is 5.73 Å². The van der Waals surface area contributed by atoms with Gasteiger partial charge >= 0.3 is 0 Å².